The van der Waals surface area contributed by atoms with Crippen molar-refractivity contribution >= 4 is 6.09 Å². The maximum atomic E-state index is 12.2. The highest BCUT2D eigenvalue weighted by molar-refractivity contribution is 5.68. The van der Waals surface area contributed by atoms with Crippen LogP contribution < -0.4 is 0 Å². The molecule has 0 radical (unpaired) electrons. The number of carbonyl (C=O) groups is 1. The fourth-order valence-electron chi connectivity index (χ4n) is 3.56. The average Bonchev–Trinajstić information content (AvgIpc) is 2.91. The Morgan fingerprint density at radius 1 is 1.22 bits per heavy atom. The second kappa shape index (κ2) is 6.16. The number of likely N-dealkylation sites (tertiary alicyclic amines) is 1. The minimum atomic E-state index is -0.436. The number of hydrogen-bond acceptors (Lipinski definition) is 3. The van der Waals surface area contributed by atoms with Gasteiger partial charge in [0.25, 0.3) is 0 Å². The highest BCUT2D eigenvalue weighted by Gasteiger charge is 2.44. The first-order valence-electron chi connectivity index (χ1n) is 8.54. The molecule has 0 saturated carbocycles. The lowest BCUT2D eigenvalue weighted by Crippen LogP contribution is -2.47. The number of nitrogens with zero attached hydrogens (tertiary/aromatic N) is 1. The van der Waals surface area contributed by atoms with Gasteiger partial charge >= 0.3 is 6.09 Å². The van der Waals surface area contributed by atoms with Crippen LogP contribution in [0.1, 0.15) is 51.5 Å². The number of piperidine rings is 1. The highest BCUT2D eigenvalue weighted by atomic mass is 16.6. The van der Waals surface area contributed by atoms with Crippen LogP contribution in [0.15, 0.2) is 30.3 Å². The van der Waals surface area contributed by atoms with E-state index in [1.165, 1.54) is 5.56 Å². The number of carbonyl (C=O) groups excluding carboxylic acids is 1. The van der Waals surface area contributed by atoms with Crippen LogP contribution in [0.25, 0.3) is 0 Å². The van der Waals surface area contributed by atoms with Gasteiger partial charge in [0, 0.05) is 19.0 Å². The van der Waals surface area contributed by atoms with E-state index in [0.29, 0.717) is 5.92 Å². The zero-order valence-electron chi connectivity index (χ0n) is 14.4. The third-order valence-electron chi connectivity index (χ3n) is 4.81. The van der Waals surface area contributed by atoms with Crippen LogP contribution in [-0.4, -0.2) is 41.9 Å². The lowest BCUT2D eigenvalue weighted by Gasteiger charge is -2.39. The van der Waals surface area contributed by atoms with Crippen molar-refractivity contribution in [2.45, 2.75) is 57.2 Å². The SMILES string of the molecule is CC(C)(C)OC(=O)N1CCC2(CC1)CC(c1ccccc1)CO2. The van der Waals surface area contributed by atoms with Crippen molar-refractivity contribution in [2.75, 3.05) is 19.7 Å². The molecule has 2 saturated heterocycles. The molecule has 1 amide bonds. The maximum Gasteiger partial charge on any atom is 0.410 e. The van der Waals surface area contributed by atoms with Gasteiger partial charge in [-0.1, -0.05) is 30.3 Å². The van der Waals surface area contributed by atoms with Crippen LogP contribution in [0.4, 0.5) is 4.79 Å². The molecular formula is C19H27NO3. The Bertz CT molecular complexity index is 541. The molecule has 3 rings (SSSR count). The number of benzene rings is 1. The van der Waals surface area contributed by atoms with Gasteiger partial charge in [-0.15, -0.1) is 0 Å². The summed E-state index contributed by atoms with van der Waals surface area (Å²) < 4.78 is 11.7. The summed E-state index contributed by atoms with van der Waals surface area (Å²) in [4.78, 5) is 14.0. The zero-order chi connectivity index (χ0) is 16.5. The molecule has 0 bridgehead atoms. The predicted molar refractivity (Wildman–Crippen MR) is 89.5 cm³/mol. The van der Waals surface area contributed by atoms with E-state index in [9.17, 15) is 4.79 Å². The van der Waals surface area contributed by atoms with Crippen LogP contribution >= 0.6 is 0 Å². The van der Waals surface area contributed by atoms with Crippen molar-refractivity contribution in [3.63, 3.8) is 0 Å². The molecule has 4 heteroatoms. The molecule has 2 heterocycles. The zero-order valence-corrected chi connectivity index (χ0v) is 14.4. The molecule has 126 valence electrons. The first-order valence-corrected chi connectivity index (χ1v) is 8.54. The first kappa shape index (κ1) is 16.3. The smallest absolute Gasteiger partial charge is 0.410 e. The van der Waals surface area contributed by atoms with Gasteiger partial charge in [-0.25, -0.2) is 4.79 Å². The van der Waals surface area contributed by atoms with E-state index in [0.717, 1.165) is 39.0 Å². The number of ether oxygens (including phenoxy) is 2. The maximum absolute atomic E-state index is 12.2. The Labute approximate surface area is 138 Å². The number of amides is 1. The molecule has 2 fully saturated rings. The molecule has 0 aromatic heterocycles. The van der Waals surface area contributed by atoms with E-state index in [2.05, 4.69) is 24.3 Å². The lowest BCUT2D eigenvalue weighted by molar-refractivity contribution is -0.0485. The summed E-state index contributed by atoms with van der Waals surface area (Å²) in [6, 6.07) is 10.6. The highest BCUT2D eigenvalue weighted by Crippen LogP contribution is 2.42. The Hall–Kier alpha value is -1.55. The quantitative estimate of drug-likeness (QED) is 0.787. The molecule has 1 atom stereocenters. The van der Waals surface area contributed by atoms with Crippen molar-refractivity contribution in [1.82, 2.24) is 4.90 Å². The van der Waals surface area contributed by atoms with E-state index in [1.54, 1.807) is 0 Å². The van der Waals surface area contributed by atoms with Gasteiger partial charge in [-0.05, 0) is 45.6 Å². The summed E-state index contributed by atoms with van der Waals surface area (Å²) in [7, 11) is 0. The van der Waals surface area contributed by atoms with Gasteiger partial charge in [0.2, 0.25) is 0 Å². The van der Waals surface area contributed by atoms with Crippen molar-refractivity contribution in [3.05, 3.63) is 35.9 Å². The van der Waals surface area contributed by atoms with Crippen LogP contribution in [0, 0.1) is 0 Å². The van der Waals surface area contributed by atoms with Crippen LogP contribution in [0.5, 0.6) is 0 Å². The van der Waals surface area contributed by atoms with Crippen LogP contribution in [0.3, 0.4) is 0 Å². The van der Waals surface area contributed by atoms with Gasteiger partial charge < -0.3 is 14.4 Å². The molecule has 0 aliphatic carbocycles. The van der Waals surface area contributed by atoms with E-state index in [-0.39, 0.29) is 11.7 Å². The topological polar surface area (TPSA) is 38.8 Å². The van der Waals surface area contributed by atoms with Crippen molar-refractivity contribution in [2.24, 2.45) is 0 Å². The largest absolute Gasteiger partial charge is 0.444 e. The van der Waals surface area contributed by atoms with Crippen molar-refractivity contribution in [1.29, 1.82) is 0 Å². The fourth-order valence-corrected chi connectivity index (χ4v) is 3.56. The Balaban J connectivity index is 1.56. The van der Waals surface area contributed by atoms with Gasteiger partial charge in [-0.2, -0.15) is 0 Å². The van der Waals surface area contributed by atoms with E-state index < -0.39 is 5.60 Å². The van der Waals surface area contributed by atoms with Crippen molar-refractivity contribution < 1.29 is 14.3 Å². The normalized spacial score (nSPS) is 24.0. The van der Waals surface area contributed by atoms with Crippen molar-refractivity contribution in [3.8, 4) is 0 Å². The molecule has 2 aliphatic rings. The average molecular weight is 317 g/mol. The summed E-state index contributed by atoms with van der Waals surface area (Å²) in [5.41, 5.74) is 0.868. The Kier molecular flexibility index (Phi) is 4.37. The second-order valence-corrected chi connectivity index (χ2v) is 7.77. The summed E-state index contributed by atoms with van der Waals surface area (Å²) in [6.07, 6.45) is 2.65. The fraction of sp³-hybridized carbons (Fsp3) is 0.632. The molecule has 1 aromatic carbocycles. The minimum Gasteiger partial charge on any atom is -0.444 e. The van der Waals surface area contributed by atoms with Gasteiger partial charge in [0.1, 0.15) is 5.60 Å². The molecule has 2 aliphatic heterocycles. The Morgan fingerprint density at radius 3 is 2.48 bits per heavy atom. The van der Waals surface area contributed by atoms with E-state index >= 15 is 0 Å². The first-order chi connectivity index (χ1) is 10.9. The third-order valence-corrected chi connectivity index (χ3v) is 4.81. The van der Waals surface area contributed by atoms with E-state index in [4.69, 9.17) is 9.47 Å². The molecule has 23 heavy (non-hydrogen) atoms. The third kappa shape index (κ3) is 3.86. The molecule has 1 aromatic rings. The summed E-state index contributed by atoms with van der Waals surface area (Å²) in [6.45, 7) is 7.94. The van der Waals surface area contributed by atoms with Gasteiger partial charge in [-0.3, -0.25) is 0 Å². The summed E-state index contributed by atoms with van der Waals surface area (Å²) >= 11 is 0. The Morgan fingerprint density at radius 2 is 1.87 bits per heavy atom. The number of rotatable bonds is 1. The van der Waals surface area contributed by atoms with Crippen LogP contribution in [-0.2, 0) is 9.47 Å². The second-order valence-electron chi connectivity index (χ2n) is 7.77. The summed E-state index contributed by atoms with van der Waals surface area (Å²) in [5.74, 6) is 0.476. The predicted octanol–water partition coefficient (Wildman–Crippen LogP) is 3.96. The lowest BCUT2D eigenvalue weighted by atomic mass is 9.83. The standard InChI is InChI=1S/C19H27NO3/c1-18(2,3)23-17(21)20-11-9-19(10-12-20)13-16(14-22-19)15-7-5-4-6-8-15/h4-8,16H,9-14H2,1-3H3. The van der Waals surface area contributed by atoms with Gasteiger partial charge in [0.15, 0.2) is 0 Å². The minimum absolute atomic E-state index is 0.0565. The van der Waals surface area contributed by atoms with E-state index in [1.807, 2.05) is 31.7 Å². The molecule has 1 spiro atoms. The van der Waals surface area contributed by atoms with Crippen LogP contribution in [0.2, 0.25) is 0 Å². The summed E-state index contributed by atoms with van der Waals surface area (Å²) in [5, 5.41) is 0. The monoisotopic (exact) mass is 317 g/mol. The number of hydrogen-bond donors (Lipinski definition) is 0. The molecular weight excluding hydrogens is 290 g/mol. The molecule has 0 N–H and O–H groups in total. The molecule has 4 nitrogen and oxygen atoms in total. The van der Waals surface area contributed by atoms with Gasteiger partial charge in [0.05, 0.1) is 12.2 Å². The molecule has 1 unspecified atom stereocenters.